The van der Waals surface area contributed by atoms with Gasteiger partial charge in [-0.25, -0.2) is 8.42 Å². The largest absolute Gasteiger partial charge is 0.380 e. The van der Waals surface area contributed by atoms with Gasteiger partial charge >= 0.3 is 0 Å². The molecule has 3 nitrogen and oxygen atoms in total. The molecule has 2 atom stereocenters. The van der Waals surface area contributed by atoms with Crippen LogP contribution in [0.25, 0.3) is 0 Å². The molecule has 2 unspecified atom stereocenters. The van der Waals surface area contributed by atoms with Crippen molar-refractivity contribution in [1.29, 1.82) is 0 Å². The van der Waals surface area contributed by atoms with Crippen molar-refractivity contribution in [3.05, 3.63) is 24.3 Å². The third-order valence-corrected chi connectivity index (χ3v) is 5.36. The molecule has 1 aromatic carbocycles. The van der Waals surface area contributed by atoms with E-state index in [2.05, 4.69) is 12.2 Å². The van der Waals surface area contributed by atoms with Gasteiger partial charge in [-0.3, -0.25) is 0 Å². The number of benzene rings is 1. The summed E-state index contributed by atoms with van der Waals surface area (Å²) in [5.74, 6) is 1.04. The van der Waals surface area contributed by atoms with E-state index in [0.717, 1.165) is 17.9 Å². The highest BCUT2D eigenvalue weighted by Crippen LogP contribution is 2.30. The molecular formula is C12H17NO2S2. The average Bonchev–Trinajstić information content (AvgIpc) is 2.63. The number of sulfone groups is 1. The fourth-order valence-electron chi connectivity index (χ4n) is 2.05. The SMILES string of the molecule is CC1CC(Nc2ccccc2S(C)(=O)=O)CS1. The fraction of sp³-hybridized carbons (Fsp3) is 0.500. The first-order valence-corrected chi connectivity index (χ1v) is 8.58. The molecule has 1 fully saturated rings. The molecule has 1 heterocycles. The molecule has 2 rings (SSSR count). The Kier molecular flexibility index (Phi) is 3.68. The van der Waals surface area contributed by atoms with Crippen molar-refractivity contribution < 1.29 is 8.42 Å². The molecule has 94 valence electrons. The lowest BCUT2D eigenvalue weighted by Crippen LogP contribution is -2.20. The number of nitrogens with one attached hydrogen (secondary N) is 1. The normalized spacial score (nSPS) is 24.8. The Morgan fingerprint density at radius 1 is 1.35 bits per heavy atom. The number of thioether (sulfide) groups is 1. The predicted octanol–water partition coefficient (Wildman–Crippen LogP) is 2.40. The van der Waals surface area contributed by atoms with E-state index < -0.39 is 9.84 Å². The van der Waals surface area contributed by atoms with Gasteiger partial charge in [0.15, 0.2) is 9.84 Å². The summed E-state index contributed by atoms with van der Waals surface area (Å²) >= 11 is 1.93. The fourth-order valence-corrected chi connectivity index (χ4v) is 4.05. The van der Waals surface area contributed by atoms with Crippen LogP contribution in [0.1, 0.15) is 13.3 Å². The van der Waals surface area contributed by atoms with E-state index in [9.17, 15) is 8.42 Å². The maximum atomic E-state index is 11.6. The van der Waals surface area contributed by atoms with E-state index in [1.807, 2.05) is 23.9 Å². The van der Waals surface area contributed by atoms with E-state index in [1.54, 1.807) is 12.1 Å². The maximum Gasteiger partial charge on any atom is 0.177 e. The Bertz CT molecular complexity index is 499. The van der Waals surface area contributed by atoms with Gasteiger partial charge in [0.05, 0.1) is 10.6 Å². The van der Waals surface area contributed by atoms with Gasteiger partial charge in [-0.1, -0.05) is 19.1 Å². The Balaban J connectivity index is 2.21. The first-order chi connectivity index (χ1) is 7.97. The molecule has 1 saturated heterocycles. The van der Waals surface area contributed by atoms with E-state index in [4.69, 9.17) is 0 Å². The van der Waals surface area contributed by atoms with Crippen LogP contribution in [0.4, 0.5) is 5.69 Å². The molecule has 0 aromatic heterocycles. The monoisotopic (exact) mass is 271 g/mol. The predicted molar refractivity (Wildman–Crippen MR) is 73.5 cm³/mol. The van der Waals surface area contributed by atoms with Gasteiger partial charge in [0.1, 0.15) is 0 Å². The number of rotatable bonds is 3. The van der Waals surface area contributed by atoms with Crippen LogP contribution in [0, 0.1) is 0 Å². The molecule has 5 heteroatoms. The summed E-state index contributed by atoms with van der Waals surface area (Å²) in [7, 11) is -3.16. The van der Waals surface area contributed by atoms with E-state index in [-0.39, 0.29) is 0 Å². The summed E-state index contributed by atoms with van der Waals surface area (Å²) in [5, 5.41) is 4.00. The van der Waals surface area contributed by atoms with Gasteiger partial charge in [0.25, 0.3) is 0 Å². The van der Waals surface area contributed by atoms with Crippen LogP contribution in [0.15, 0.2) is 29.2 Å². The zero-order valence-corrected chi connectivity index (χ0v) is 11.6. The number of para-hydroxylation sites is 1. The second kappa shape index (κ2) is 4.90. The zero-order chi connectivity index (χ0) is 12.5. The van der Waals surface area contributed by atoms with E-state index in [0.29, 0.717) is 16.2 Å². The van der Waals surface area contributed by atoms with Gasteiger partial charge in [-0.2, -0.15) is 11.8 Å². The third kappa shape index (κ3) is 3.16. The summed E-state index contributed by atoms with van der Waals surface area (Å²) in [5.41, 5.74) is 0.731. The topological polar surface area (TPSA) is 46.2 Å². The quantitative estimate of drug-likeness (QED) is 0.917. The van der Waals surface area contributed by atoms with Crippen molar-refractivity contribution in [2.45, 2.75) is 29.5 Å². The Labute approximate surface area is 107 Å². The molecule has 17 heavy (non-hydrogen) atoms. The van der Waals surface area contributed by atoms with Crippen molar-refractivity contribution in [2.24, 2.45) is 0 Å². The molecular weight excluding hydrogens is 254 g/mol. The molecule has 0 aliphatic carbocycles. The highest BCUT2D eigenvalue weighted by Gasteiger charge is 2.23. The molecule has 0 saturated carbocycles. The van der Waals surface area contributed by atoms with E-state index >= 15 is 0 Å². The Morgan fingerprint density at radius 2 is 2.06 bits per heavy atom. The summed E-state index contributed by atoms with van der Waals surface area (Å²) < 4.78 is 23.3. The minimum Gasteiger partial charge on any atom is -0.380 e. The van der Waals surface area contributed by atoms with Crippen LogP contribution in [0.3, 0.4) is 0 Å². The van der Waals surface area contributed by atoms with Crippen molar-refractivity contribution in [3.8, 4) is 0 Å². The van der Waals surface area contributed by atoms with Crippen molar-refractivity contribution in [2.75, 3.05) is 17.3 Å². The third-order valence-electron chi connectivity index (χ3n) is 2.84. The van der Waals surface area contributed by atoms with Crippen LogP contribution >= 0.6 is 11.8 Å². The number of hydrogen-bond donors (Lipinski definition) is 1. The summed E-state index contributed by atoms with van der Waals surface area (Å²) in [6.07, 6.45) is 2.34. The maximum absolute atomic E-state index is 11.6. The zero-order valence-electron chi connectivity index (χ0n) is 10.0. The van der Waals surface area contributed by atoms with Gasteiger partial charge in [-0.05, 0) is 18.6 Å². The first-order valence-electron chi connectivity index (χ1n) is 5.64. The van der Waals surface area contributed by atoms with Crippen LogP contribution < -0.4 is 5.32 Å². The average molecular weight is 271 g/mol. The van der Waals surface area contributed by atoms with Gasteiger partial charge < -0.3 is 5.32 Å². The number of hydrogen-bond acceptors (Lipinski definition) is 4. The minimum atomic E-state index is -3.16. The highest BCUT2D eigenvalue weighted by molar-refractivity contribution is 8.00. The molecule has 0 amide bonds. The standard InChI is InChI=1S/C12H17NO2S2/c1-9-7-10(8-16-9)13-11-5-3-4-6-12(11)17(2,14)15/h3-6,9-10,13H,7-8H2,1-2H3. The second-order valence-corrected chi connectivity index (χ2v) is 7.94. The Hall–Kier alpha value is -0.680. The molecule has 1 aliphatic heterocycles. The van der Waals surface area contributed by atoms with Crippen molar-refractivity contribution >= 4 is 27.3 Å². The van der Waals surface area contributed by atoms with Crippen LogP contribution in [-0.4, -0.2) is 31.7 Å². The molecule has 1 aromatic rings. The summed E-state index contributed by atoms with van der Waals surface area (Å²) in [6, 6.07) is 7.49. The first kappa shape index (κ1) is 12.8. The molecule has 1 aliphatic rings. The Morgan fingerprint density at radius 3 is 2.65 bits per heavy atom. The molecule has 1 N–H and O–H groups in total. The van der Waals surface area contributed by atoms with Gasteiger partial charge in [0.2, 0.25) is 0 Å². The van der Waals surface area contributed by atoms with Crippen molar-refractivity contribution in [1.82, 2.24) is 0 Å². The lowest BCUT2D eigenvalue weighted by molar-refractivity contribution is 0.602. The smallest absolute Gasteiger partial charge is 0.177 e. The lowest BCUT2D eigenvalue weighted by Gasteiger charge is -2.15. The highest BCUT2D eigenvalue weighted by atomic mass is 32.2. The second-order valence-electron chi connectivity index (χ2n) is 4.49. The van der Waals surface area contributed by atoms with Gasteiger partial charge in [-0.15, -0.1) is 0 Å². The number of anilines is 1. The summed E-state index contributed by atoms with van der Waals surface area (Å²) in [4.78, 5) is 0.393. The lowest BCUT2D eigenvalue weighted by atomic mass is 10.2. The van der Waals surface area contributed by atoms with Crippen LogP contribution in [-0.2, 0) is 9.84 Å². The molecule has 0 spiro atoms. The summed E-state index contributed by atoms with van der Waals surface area (Å²) in [6.45, 7) is 2.20. The van der Waals surface area contributed by atoms with Crippen LogP contribution in [0.2, 0.25) is 0 Å². The molecule has 0 radical (unpaired) electrons. The van der Waals surface area contributed by atoms with Crippen molar-refractivity contribution in [3.63, 3.8) is 0 Å². The van der Waals surface area contributed by atoms with Crippen LogP contribution in [0.5, 0.6) is 0 Å². The van der Waals surface area contributed by atoms with E-state index in [1.165, 1.54) is 6.26 Å². The minimum absolute atomic E-state index is 0.373. The van der Waals surface area contributed by atoms with Gasteiger partial charge in [0, 0.05) is 23.3 Å². The molecule has 0 bridgehead atoms.